The van der Waals surface area contributed by atoms with Gasteiger partial charge in [-0.3, -0.25) is 0 Å². The van der Waals surface area contributed by atoms with Crippen LogP contribution in [0.4, 0.5) is 10.5 Å². The van der Waals surface area contributed by atoms with Gasteiger partial charge in [-0.25, -0.2) is 4.79 Å². The van der Waals surface area contributed by atoms with E-state index in [1.165, 1.54) is 0 Å². The highest BCUT2D eigenvalue weighted by Crippen LogP contribution is 2.24. The molecule has 0 radical (unpaired) electrons. The van der Waals surface area contributed by atoms with Crippen LogP contribution in [0.1, 0.15) is 17.6 Å². The van der Waals surface area contributed by atoms with Gasteiger partial charge in [0.1, 0.15) is 30.0 Å². The van der Waals surface area contributed by atoms with E-state index in [0.29, 0.717) is 31.1 Å². The Bertz CT molecular complexity index is 760. The lowest BCUT2D eigenvalue weighted by Gasteiger charge is -2.32. The maximum absolute atomic E-state index is 12.5. The third kappa shape index (κ3) is 4.34. The first kappa shape index (κ1) is 16.9. The summed E-state index contributed by atoms with van der Waals surface area (Å²) in [4.78, 5) is 14.2. The summed E-state index contributed by atoms with van der Waals surface area (Å²) in [5, 5.41) is 2.88. The predicted molar refractivity (Wildman–Crippen MR) is 93.5 cm³/mol. The SMILES string of the molecule is C#CCOc1ccc(NC(=O)N2CCO[C@H](c3ccc(C)o3)C2)cc1. The molecule has 1 N–H and O–H groups in total. The van der Waals surface area contributed by atoms with E-state index in [1.54, 1.807) is 29.2 Å². The third-order valence-corrected chi connectivity index (χ3v) is 3.86. The monoisotopic (exact) mass is 340 g/mol. The van der Waals surface area contributed by atoms with Crippen LogP contribution in [0.3, 0.4) is 0 Å². The molecule has 1 fully saturated rings. The number of carbonyl (C=O) groups is 1. The van der Waals surface area contributed by atoms with Crippen molar-refractivity contribution in [3.05, 3.63) is 47.9 Å². The van der Waals surface area contributed by atoms with Gasteiger partial charge in [0, 0.05) is 12.2 Å². The number of hydrogen-bond acceptors (Lipinski definition) is 4. The Kier molecular flexibility index (Phi) is 5.26. The maximum Gasteiger partial charge on any atom is 0.322 e. The van der Waals surface area contributed by atoms with Gasteiger partial charge in [-0.2, -0.15) is 0 Å². The molecule has 0 aliphatic carbocycles. The lowest BCUT2D eigenvalue weighted by atomic mass is 10.2. The van der Waals surface area contributed by atoms with Crippen molar-refractivity contribution < 1.29 is 18.7 Å². The molecule has 6 nitrogen and oxygen atoms in total. The molecule has 25 heavy (non-hydrogen) atoms. The van der Waals surface area contributed by atoms with E-state index >= 15 is 0 Å². The van der Waals surface area contributed by atoms with Gasteiger partial charge in [-0.15, -0.1) is 6.42 Å². The number of nitrogens with one attached hydrogen (secondary N) is 1. The van der Waals surface area contributed by atoms with Crippen molar-refractivity contribution in [2.75, 3.05) is 31.6 Å². The average molecular weight is 340 g/mol. The zero-order valence-electron chi connectivity index (χ0n) is 14.0. The second-order valence-electron chi connectivity index (χ2n) is 5.70. The van der Waals surface area contributed by atoms with Gasteiger partial charge >= 0.3 is 6.03 Å². The number of urea groups is 1. The van der Waals surface area contributed by atoms with Crippen molar-refractivity contribution in [3.8, 4) is 18.1 Å². The van der Waals surface area contributed by atoms with Crippen LogP contribution >= 0.6 is 0 Å². The maximum atomic E-state index is 12.5. The van der Waals surface area contributed by atoms with Crippen LogP contribution in [0, 0.1) is 19.3 Å². The molecule has 2 heterocycles. The number of amides is 2. The Labute approximate surface area is 146 Å². The van der Waals surface area contributed by atoms with Crippen LogP contribution < -0.4 is 10.1 Å². The fourth-order valence-corrected chi connectivity index (χ4v) is 2.59. The average Bonchev–Trinajstić information content (AvgIpc) is 3.08. The summed E-state index contributed by atoms with van der Waals surface area (Å²) in [5.41, 5.74) is 0.690. The second kappa shape index (κ2) is 7.77. The fourth-order valence-electron chi connectivity index (χ4n) is 2.59. The van der Waals surface area contributed by atoms with E-state index in [2.05, 4.69) is 11.2 Å². The molecule has 0 bridgehead atoms. The normalized spacial score (nSPS) is 17.0. The van der Waals surface area contributed by atoms with Gasteiger partial charge in [0.25, 0.3) is 0 Å². The van der Waals surface area contributed by atoms with Crippen LogP contribution in [0.5, 0.6) is 5.75 Å². The molecule has 2 aromatic rings. The number of rotatable bonds is 4. The number of terminal acetylenes is 1. The molecular weight excluding hydrogens is 320 g/mol. The molecule has 0 spiro atoms. The standard InChI is InChI=1S/C19H20N2O4/c1-3-11-23-16-7-5-15(6-8-16)20-19(22)21-10-12-24-18(13-21)17-9-4-14(2)25-17/h1,4-9,18H,10-13H2,2H3,(H,20,22)/t18-/m0/s1. The number of hydrogen-bond donors (Lipinski definition) is 1. The van der Waals surface area contributed by atoms with E-state index < -0.39 is 0 Å². The first-order valence-electron chi connectivity index (χ1n) is 8.06. The number of anilines is 1. The Morgan fingerprint density at radius 3 is 2.84 bits per heavy atom. The molecule has 1 aromatic carbocycles. The van der Waals surface area contributed by atoms with Crippen molar-refractivity contribution >= 4 is 11.7 Å². The summed E-state index contributed by atoms with van der Waals surface area (Å²) in [7, 11) is 0. The van der Waals surface area contributed by atoms with E-state index in [9.17, 15) is 4.79 Å². The Morgan fingerprint density at radius 1 is 1.36 bits per heavy atom. The molecule has 6 heteroatoms. The van der Waals surface area contributed by atoms with E-state index in [4.69, 9.17) is 20.3 Å². The second-order valence-corrected chi connectivity index (χ2v) is 5.70. The summed E-state index contributed by atoms with van der Waals surface area (Å²) in [5.74, 6) is 4.64. The number of benzene rings is 1. The predicted octanol–water partition coefficient (Wildman–Crippen LogP) is 3.21. The minimum Gasteiger partial charge on any atom is -0.481 e. The van der Waals surface area contributed by atoms with Crippen molar-refractivity contribution in [1.82, 2.24) is 4.90 Å². The zero-order valence-corrected chi connectivity index (χ0v) is 14.0. The number of aryl methyl sites for hydroxylation is 1. The van der Waals surface area contributed by atoms with E-state index in [0.717, 1.165) is 11.5 Å². The number of furan rings is 1. The molecule has 1 aliphatic rings. The largest absolute Gasteiger partial charge is 0.481 e. The highest BCUT2D eigenvalue weighted by Gasteiger charge is 2.27. The van der Waals surface area contributed by atoms with E-state index in [-0.39, 0.29) is 18.7 Å². The summed E-state index contributed by atoms with van der Waals surface area (Å²) in [6.07, 6.45) is 4.91. The molecule has 3 rings (SSSR count). The first-order valence-corrected chi connectivity index (χ1v) is 8.06. The van der Waals surface area contributed by atoms with Crippen molar-refractivity contribution in [2.24, 2.45) is 0 Å². The Morgan fingerprint density at radius 2 is 2.16 bits per heavy atom. The van der Waals surface area contributed by atoms with Crippen molar-refractivity contribution in [2.45, 2.75) is 13.0 Å². The zero-order chi connectivity index (χ0) is 17.6. The van der Waals surface area contributed by atoms with Crippen LogP contribution in [-0.2, 0) is 4.74 Å². The highest BCUT2D eigenvalue weighted by atomic mass is 16.5. The lowest BCUT2D eigenvalue weighted by Crippen LogP contribution is -2.44. The molecule has 0 unspecified atom stereocenters. The topological polar surface area (TPSA) is 63.9 Å². The van der Waals surface area contributed by atoms with Gasteiger partial charge < -0.3 is 24.1 Å². The quantitative estimate of drug-likeness (QED) is 0.868. The number of nitrogens with zero attached hydrogens (tertiary/aromatic N) is 1. The van der Waals surface area contributed by atoms with Gasteiger partial charge in [-0.1, -0.05) is 5.92 Å². The summed E-state index contributed by atoms with van der Waals surface area (Å²) in [6.45, 7) is 3.55. The minimum absolute atomic E-state index is 0.172. The molecule has 0 saturated carbocycles. The van der Waals surface area contributed by atoms with Gasteiger partial charge in [0.2, 0.25) is 0 Å². The Balaban J connectivity index is 1.58. The van der Waals surface area contributed by atoms with Gasteiger partial charge in [-0.05, 0) is 43.3 Å². The number of carbonyl (C=O) groups excluding carboxylic acids is 1. The molecular formula is C19H20N2O4. The summed E-state index contributed by atoms with van der Waals surface area (Å²) >= 11 is 0. The molecule has 1 aromatic heterocycles. The van der Waals surface area contributed by atoms with E-state index in [1.807, 2.05) is 19.1 Å². The van der Waals surface area contributed by atoms with Gasteiger partial charge in [0.05, 0.1) is 13.2 Å². The molecule has 1 saturated heterocycles. The molecule has 130 valence electrons. The van der Waals surface area contributed by atoms with Crippen LogP contribution in [0.25, 0.3) is 0 Å². The molecule has 1 aliphatic heterocycles. The van der Waals surface area contributed by atoms with Crippen molar-refractivity contribution in [3.63, 3.8) is 0 Å². The Hall–Kier alpha value is -2.91. The highest BCUT2D eigenvalue weighted by molar-refractivity contribution is 5.89. The summed E-state index contributed by atoms with van der Waals surface area (Å²) in [6, 6.07) is 10.7. The fraction of sp³-hybridized carbons (Fsp3) is 0.316. The smallest absolute Gasteiger partial charge is 0.322 e. The van der Waals surface area contributed by atoms with Crippen LogP contribution in [0.15, 0.2) is 40.8 Å². The van der Waals surface area contributed by atoms with Crippen LogP contribution in [0.2, 0.25) is 0 Å². The van der Waals surface area contributed by atoms with Crippen molar-refractivity contribution in [1.29, 1.82) is 0 Å². The number of morpholine rings is 1. The minimum atomic E-state index is -0.243. The lowest BCUT2D eigenvalue weighted by molar-refractivity contribution is -0.0246. The molecule has 2 amide bonds. The first-order chi connectivity index (χ1) is 12.2. The third-order valence-electron chi connectivity index (χ3n) is 3.86. The van der Waals surface area contributed by atoms with Crippen LogP contribution in [-0.4, -0.2) is 37.2 Å². The summed E-state index contributed by atoms with van der Waals surface area (Å²) < 4.78 is 16.6. The molecule has 1 atom stereocenters. The number of ether oxygens (including phenoxy) is 2. The van der Waals surface area contributed by atoms with Gasteiger partial charge in [0.15, 0.2) is 0 Å².